The van der Waals surface area contributed by atoms with Gasteiger partial charge in [-0.25, -0.2) is 0 Å². The number of hydrogen-bond acceptors (Lipinski definition) is 2. The molecule has 1 fully saturated rings. The lowest BCUT2D eigenvalue weighted by atomic mass is 9.81. The molecule has 1 unspecified atom stereocenters. The Morgan fingerprint density at radius 3 is 2.39 bits per heavy atom. The molecular weight excluding hydrogens is 457 g/mol. The molecule has 0 amide bonds. The SMILES string of the molecule is C#CC(=C(CC1CCCCC1)c1ccc(CNCCC(C)C(F)(F)F)cn1)c1cc(C)c(C)cc1C. The smallest absolute Gasteiger partial charge is 0.313 e. The molecule has 2 nitrogen and oxygen atoms in total. The first kappa shape index (κ1) is 28.0. The summed E-state index contributed by atoms with van der Waals surface area (Å²) in [5.41, 5.74) is 8.60. The van der Waals surface area contributed by atoms with Crippen molar-refractivity contribution in [3.8, 4) is 12.3 Å². The molecule has 3 rings (SSSR count). The molecule has 1 aromatic heterocycles. The van der Waals surface area contributed by atoms with Crippen molar-refractivity contribution in [3.63, 3.8) is 0 Å². The van der Waals surface area contributed by atoms with Crippen molar-refractivity contribution in [2.24, 2.45) is 11.8 Å². The van der Waals surface area contributed by atoms with E-state index in [2.05, 4.69) is 44.1 Å². The number of rotatable bonds is 9. The van der Waals surface area contributed by atoms with E-state index in [9.17, 15) is 13.2 Å². The second-order valence-corrected chi connectivity index (χ2v) is 10.4. The number of halogens is 3. The Labute approximate surface area is 214 Å². The fourth-order valence-corrected chi connectivity index (χ4v) is 4.99. The number of terminal acetylenes is 1. The van der Waals surface area contributed by atoms with Crippen molar-refractivity contribution in [3.05, 3.63) is 64.0 Å². The number of aryl methyl sites for hydroxylation is 3. The second-order valence-electron chi connectivity index (χ2n) is 10.4. The minimum atomic E-state index is -4.14. The highest BCUT2D eigenvalue weighted by atomic mass is 19.4. The number of nitrogens with one attached hydrogen (secondary N) is 1. The fourth-order valence-electron chi connectivity index (χ4n) is 4.99. The lowest BCUT2D eigenvalue weighted by Crippen LogP contribution is -2.25. The third kappa shape index (κ3) is 7.46. The van der Waals surface area contributed by atoms with E-state index >= 15 is 0 Å². The van der Waals surface area contributed by atoms with Crippen LogP contribution in [0, 0.1) is 45.0 Å². The van der Waals surface area contributed by atoms with E-state index in [0.717, 1.165) is 34.4 Å². The van der Waals surface area contributed by atoms with Crippen LogP contribution in [0.2, 0.25) is 0 Å². The second kappa shape index (κ2) is 12.6. The van der Waals surface area contributed by atoms with Gasteiger partial charge < -0.3 is 5.32 Å². The topological polar surface area (TPSA) is 24.9 Å². The van der Waals surface area contributed by atoms with E-state index in [4.69, 9.17) is 11.4 Å². The molecule has 0 aliphatic heterocycles. The third-order valence-corrected chi connectivity index (χ3v) is 7.55. The van der Waals surface area contributed by atoms with E-state index in [0.29, 0.717) is 19.0 Å². The van der Waals surface area contributed by atoms with Crippen LogP contribution in [0.4, 0.5) is 13.2 Å². The Hall–Kier alpha value is -2.58. The summed E-state index contributed by atoms with van der Waals surface area (Å²) in [5.74, 6) is 2.30. The minimum Gasteiger partial charge on any atom is -0.313 e. The lowest BCUT2D eigenvalue weighted by molar-refractivity contribution is -0.170. The van der Waals surface area contributed by atoms with Crippen LogP contribution in [0.25, 0.3) is 11.1 Å². The zero-order chi connectivity index (χ0) is 26.3. The predicted octanol–water partition coefficient (Wildman–Crippen LogP) is 8.20. The fraction of sp³-hybridized carbons (Fsp3) is 0.516. The minimum absolute atomic E-state index is 0.0597. The summed E-state index contributed by atoms with van der Waals surface area (Å²) in [6.07, 6.45) is 11.0. The number of allylic oxidation sites excluding steroid dienone is 2. The first-order valence-corrected chi connectivity index (χ1v) is 13.1. The van der Waals surface area contributed by atoms with Gasteiger partial charge in [-0.15, -0.1) is 6.42 Å². The van der Waals surface area contributed by atoms with Crippen LogP contribution in [0.3, 0.4) is 0 Å². The summed E-state index contributed by atoms with van der Waals surface area (Å²) >= 11 is 0. The van der Waals surface area contributed by atoms with Gasteiger partial charge in [-0.3, -0.25) is 4.98 Å². The van der Waals surface area contributed by atoms with Crippen LogP contribution < -0.4 is 5.32 Å². The highest BCUT2D eigenvalue weighted by molar-refractivity contribution is 5.98. The molecule has 2 aromatic rings. The zero-order valence-electron chi connectivity index (χ0n) is 22.1. The zero-order valence-corrected chi connectivity index (χ0v) is 22.1. The van der Waals surface area contributed by atoms with Gasteiger partial charge in [-0.05, 0) is 85.5 Å². The Morgan fingerprint density at radius 2 is 1.78 bits per heavy atom. The van der Waals surface area contributed by atoms with Crippen LogP contribution in [0.15, 0.2) is 30.5 Å². The summed E-state index contributed by atoms with van der Waals surface area (Å²) < 4.78 is 38.1. The summed E-state index contributed by atoms with van der Waals surface area (Å²) in [6.45, 7) is 8.35. The quantitative estimate of drug-likeness (QED) is 0.280. The number of nitrogens with zero attached hydrogens (tertiary/aromatic N) is 1. The molecule has 0 bridgehead atoms. The van der Waals surface area contributed by atoms with E-state index in [-0.39, 0.29) is 6.42 Å². The van der Waals surface area contributed by atoms with E-state index in [1.165, 1.54) is 55.7 Å². The van der Waals surface area contributed by atoms with Gasteiger partial charge in [0, 0.05) is 18.3 Å². The van der Waals surface area contributed by atoms with Gasteiger partial charge in [-0.1, -0.05) is 63.1 Å². The van der Waals surface area contributed by atoms with Crippen molar-refractivity contribution in [2.75, 3.05) is 6.54 Å². The highest BCUT2D eigenvalue weighted by Crippen LogP contribution is 2.37. The van der Waals surface area contributed by atoms with Crippen molar-refractivity contribution in [1.29, 1.82) is 0 Å². The molecule has 36 heavy (non-hydrogen) atoms. The van der Waals surface area contributed by atoms with Crippen LogP contribution in [-0.2, 0) is 6.54 Å². The number of hydrogen-bond donors (Lipinski definition) is 1. The van der Waals surface area contributed by atoms with Gasteiger partial charge in [0.1, 0.15) is 0 Å². The van der Waals surface area contributed by atoms with Crippen LogP contribution in [0.1, 0.15) is 85.4 Å². The number of alkyl halides is 3. The highest BCUT2D eigenvalue weighted by Gasteiger charge is 2.35. The Balaban J connectivity index is 1.85. The summed E-state index contributed by atoms with van der Waals surface area (Å²) in [6, 6.07) is 8.41. The van der Waals surface area contributed by atoms with Crippen molar-refractivity contribution >= 4 is 11.1 Å². The van der Waals surface area contributed by atoms with E-state index in [1.54, 1.807) is 0 Å². The summed E-state index contributed by atoms with van der Waals surface area (Å²) in [4.78, 5) is 4.79. The van der Waals surface area contributed by atoms with Gasteiger partial charge >= 0.3 is 6.18 Å². The molecule has 1 atom stereocenters. The van der Waals surface area contributed by atoms with Crippen LogP contribution in [0.5, 0.6) is 0 Å². The molecule has 0 saturated heterocycles. The maximum absolute atomic E-state index is 12.7. The van der Waals surface area contributed by atoms with Gasteiger partial charge in [0.25, 0.3) is 0 Å². The number of pyridine rings is 1. The standard InChI is InChI=1S/C31H39F3N2/c1-6-27(28-17-22(3)21(2)16-23(28)4)29(18-25-10-8-7-9-11-25)30-13-12-26(20-36-30)19-35-15-14-24(5)31(32,33)34/h1,12-13,16-17,20,24-25,35H,7-11,14-15,18-19H2,2-5H3. The Morgan fingerprint density at radius 1 is 1.08 bits per heavy atom. The first-order chi connectivity index (χ1) is 17.1. The molecule has 1 saturated carbocycles. The Bertz CT molecular complexity index is 1080. The average Bonchev–Trinajstić information content (AvgIpc) is 2.85. The maximum Gasteiger partial charge on any atom is 0.391 e. The average molecular weight is 497 g/mol. The molecule has 1 aliphatic rings. The summed E-state index contributed by atoms with van der Waals surface area (Å²) in [7, 11) is 0. The molecule has 5 heteroatoms. The molecule has 194 valence electrons. The summed E-state index contributed by atoms with van der Waals surface area (Å²) in [5, 5.41) is 3.11. The molecule has 1 N–H and O–H groups in total. The molecular formula is C31H39F3N2. The van der Waals surface area contributed by atoms with E-state index in [1.807, 2.05) is 18.3 Å². The predicted molar refractivity (Wildman–Crippen MR) is 143 cm³/mol. The van der Waals surface area contributed by atoms with Crippen LogP contribution in [-0.4, -0.2) is 17.7 Å². The van der Waals surface area contributed by atoms with Crippen molar-refractivity contribution < 1.29 is 13.2 Å². The maximum atomic E-state index is 12.7. The van der Waals surface area contributed by atoms with Crippen molar-refractivity contribution in [1.82, 2.24) is 10.3 Å². The lowest BCUT2D eigenvalue weighted by Gasteiger charge is -2.24. The number of aromatic nitrogens is 1. The van der Waals surface area contributed by atoms with Gasteiger partial charge in [0.05, 0.1) is 11.6 Å². The van der Waals surface area contributed by atoms with Crippen LogP contribution >= 0.6 is 0 Å². The van der Waals surface area contributed by atoms with Gasteiger partial charge in [0.2, 0.25) is 0 Å². The molecule has 0 spiro atoms. The number of benzene rings is 1. The van der Waals surface area contributed by atoms with E-state index < -0.39 is 12.1 Å². The first-order valence-electron chi connectivity index (χ1n) is 13.1. The largest absolute Gasteiger partial charge is 0.391 e. The van der Waals surface area contributed by atoms with Gasteiger partial charge in [0.15, 0.2) is 0 Å². The molecule has 1 aliphatic carbocycles. The molecule has 1 heterocycles. The molecule has 0 radical (unpaired) electrons. The normalized spacial score (nSPS) is 16.4. The van der Waals surface area contributed by atoms with Gasteiger partial charge in [-0.2, -0.15) is 13.2 Å². The van der Waals surface area contributed by atoms with Crippen molar-refractivity contribution in [2.45, 2.75) is 85.4 Å². The monoisotopic (exact) mass is 496 g/mol. The third-order valence-electron chi connectivity index (χ3n) is 7.55. The Kier molecular flexibility index (Phi) is 9.79. The molecule has 1 aromatic carbocycles.